The van der Waals surface area contributed by atoms with Crippen molar-refractivity contribution in [3.63, 3.8) is 0 Å². The third kappa shape index (κ3) is 6.37. The first-order chi connectivity index (χ1) is 12.7. The van der Waals surface area contributed by atoms with E-state index in [1.165, 1.54) is 0 Å². The average molecular weight is 350 g/mol. The lowest BCUT2D eigenvalue weighted by atomic mass is 10.2. The van der Waals surface area contributed by atoms with Gasteiger partial charge < -0.3 is 15.7 Å². The summed E-state index contributed by atoms with van der Waals surface area (Å²) in [5.41, 5.74) is 1.59. The fourth-order valence-electron chi connectivity index (χ4n) is 2.15. The fourth-order valence-corrected chi connectivity index (χ4v) is 2.15. The van der Waals surface area contributed by atoms with Gasteiger partial charge in [0.2, 0.25) is 0 Å². The Hall–Kier alpha value is -3.18. The fraction of sp³-hybridized carbons (Fsp3) is 0.143. The molecular formula is C21H22N2O3. The zero-order valence-corrected chi connectivity index (χ0v) is 14.4. The maximum atomic E-state index is 12.3. The van der Waals surface area contributed by atoms with Crippen LogP contribution in [0.15, 0.2) is 78.5 Å². The summed E-state index contributed by atoms with van der Waals surface area (Å²) in [4.78, 5) is 24.6. The van der Waals surface area contributed by atoms with Gasteiger partial charge in [-0.05, 0) is 30.2 Å². The van der Waals surface area contributed by atoms with Crippen LogP contribution < -0.4 is 10.6 Å². The summed E-state index contributed by atoms with van der Waals surface area (Å²) < 4.78 is 0. The molecule has 0 aromatic heterocycles. The van der Waals surface area contributed by atoms with Crippen molar-refractivity contribution in [3.05, 3.63) is 89.6 Å². The lowest BCUT2D eigenvalue weighted by Crippen LogP contribution is -2.35. The molecule has 5 nitrogen and oxygen atoms in total. The van der Waals surface area contributed by atoms with Crippen molar-refractivity contribution < 1.29 is 14.7 Å². The highest BCUT2D eigenvalue weighted by atomic mass is 16.3. The van der Waals surface area contributed by atoms with Gasteiger partial charge >= 0.3 is 0 Å². The van der Waals surface area contributed by atoms with Crippen LogP contribution in [0.25, 0.3) is 6.08 Å². The first kappa shape index (κ1) is 19.1. The van der Waals surface area contributed by atoms with Gasteiger partial charge in [0.05, 0.1) is 0 Å². The Balaban J connectivity index is 2.12. The van der Waals surface area contributed by atoms with Gasteiger partial charge in [0.1, 0.15) is 5.70 Å². The van der Waals surface area contributed by atoms with Crippen molar-refractivity contribution in [1.82, 2.24) is 10.6 Å². The molecule has 0 bridgehead atoms. The topological polar surface area (TPSA) is 78.4 Å². The molecule has 0 aliphatic heterocycles. The second-order valence-corrected chi connectivity index (χ2v) is 5.50. The molecule has 2 amide bonds. The van der Waals surface area contributed by atoms with Gasteiger partial charge in [0.25, 0.3) is 11.8 Å². The molecule has 0 aliphatic rings. The molecule has 0 unspecified atom stereocenters. The van der Waals surface area contributed by atoms with Gasteiger partial charge in [0, 0.05) is 18.7 Å². The molecule has 0 spiro atoms. The van der Waals surface area contributed by atoms with Gasteiger partial charge in [-0.1, -0.05) is 60.7 Å². The highest BCUT2D eigenvalue weighted by Gasteiger charge is 2.13. The molecule has 134 valence electrons. The molecule has 0 aliphatic carbocycles. The standard InChI is InChI=1S/C21H22N2O3/c24-16-8-15-22-21(26)19(14-7-11-17-9-3-1-4-10-17)23-20(25)18-12-5-2-6-13-18/h1-7,9-14,24H,8,15-16H2,(H,22,26)(H,23,25)/b11-7+,19-14-. The predicted molar refractivity (Wildman–Crippen MR) is 102 cm³/mol. The van der Waals surface area contributed by atoms with Gasteiger partial charge in [-0.15, -0.1) is 0 Å². The second-order valence-electron chi connectivity index (χ2n) is 5.50. The molecule has 3 N–H and O–H groups in total. The van der Waals surface area contributed by atoms with Crippen LogP contribution in [0.2, 0.25) is 0 Å². The van der Waals surface area contributed by atoms with Crippen molar-refractivity contribution in [2.75, 3.05) is 13.2 Å². The molecule has 2 aromatic rings. The largest absolute Gasteiger partial charge is 0.396 e. The van der Waals surface area contributed by atoms with Crippen molar-refractivity contribution in [2.24, 2.45) is 0 Å². The van der Waals surface area contributed by atoms with E-state index in [9.17, 15) is 9.59 Å². The first-order valence-electron chi connectivity index (χ1n) is 8.39. The molecule has 0 heterocycles. The summed E-state index contributed by atoms with van der Waals surface area (Å²) in [7, 11) is 0. The highest BCUT2D eigenvalue weighted by molar-refractivity contribution is 6.03. The van der Waals surface area contributed by atoms with E-state index in [4.69, 9.17) is 5.11 Å². The number of hydrogen-bond acceptors (Lipinski definition) is 3. The molecule has 0 fully saturated rings. The summed E-state index contributed by atoms with van der Waals surface area (Å²) >= 11 is 0. The minimum atomic E-state index is -0.402. The van der Waals surface area contributed by atoms with E-state index in [1.807, 2.05) is 42.5 Å². The maximum Gasteiger partial charge on any atom is 0.267 e. The number of carbonyl (C=O) groups excluding carboxylic acids is 2. The Morgan fingerprint density at radius 3 is 2.27 bits per heavy atom. The number of aliphatic hydroxyl groups excluding tert-OH is 1. The Labute approximate surface area is 153 Å². The van der Waals surface area contributed by atoms with Crippen LogP contribution in [0.4, 0.5) is 0 Å². The van der Waals surface area contributed by atoms with E-state index in [-0.39, 0.29) is 18.2 Å². The molecule has 2 aromatic carbocycles. The Kier molecular flexibility index (Phi) is 7.83. The van der Waals surface area contributed by atoms with E-state index in [0.29, 0.717) is 18.5 Å². The number of hydrogen-bond donors (Lipinski definition) is 3. The summed E-state index contributed by atoms with van der Waals surface area (Å²) in [6, 6.07) is 18.3. The minimum absolute atomic E-state index is 0.0103. The van der Waals surface area contributed by atoms with Gasteiger partial charge in [-0.3, -0.25) is 9.59 Å². The number of carbonyl (C=O) groups is 2. The third-order valence-electron chi connectivity index (χ3n) is 3.50. The average Bonchev–Trinajstić information content (AvgIpc) is 2.68. The van der Waals surface area contributed by atoms with Crippen molar-refractivity contribution in [2.45, 2.75) is 6.42 Å². The van der Waals surface area contributed by atoms with Crippen LogP contribution in [-0.2, 0) is 4.79 Å². The van der Waals surface area contributed by atoms with Crippen molar-refractivity contribution >= 4 is 17.9 Å². The monoisotopic (exact) mass is 350 g/mol. The van der Waals surface area contributed by atoms with E-state index in [1.54, 1.807) is 36.4 Å². The van der Waals surface area contributed by atoms with Crippen LogP contribution in [0.1, 0.15) is 22.3 Å². The van der Waals surface area contributed by atoms with Gasteiger partial charge in [0.15, 0.2) is 0 Å². The van der Waals surface area contributed by atoms with Crippen LogP contribution >= 0.6 is 0 Å². The van der Waals surface area contributed by atoms with Crippen LogP contribution in [-0.4, -0.2) is 30.1 Å². The number of benzene rings is 2. The second kappa shape index (κ2) is 10.6. The minimum Gasteiger partial charge on any atom is -0.396 e. The summed E-state index contributed by atoms with van der Waals surface area (Å²) in [5, 5.41) is 14.1. The molecule has 0 atom stereocenters. The van der Waals surface area contributed by atoms with E-state index in [2.05, 4.69) is 10.6 Å². The van der Waals surface area contributed by atoms with Crippen molar-refractivity contribution in [3.8, 4) is 0 Å². The van der Waals surface area contributed by atoms with Gasteiger partial charge in [-0.25, -0.2) is 0 Å². The number of rotatable bonds is 8. The van der Waals surface area contributed by atoms with Crippen LogP contribution in [0.3, 0.4) is 0 Å². The number of allylic oxidation sites excluding steroid dienone is 2. The smallest absolute Gasteiger partial charge is 0.267 e. The Morgan fingerprint density at radius 2 is 1.62 bits per heavy atom. The van der Waals surface area contributed by atoms with E-state index in [0.717, 1.165) is 5.56 Å². The Bertz CT molecular complexity index is 768. The normalized spacial score (nSPS) is 11.3. The first-order valence-corrected chi connectivity index (χ1v) is 8.39. The number of nitrogens with one attached hydrogen (secondary N) is 2. The summed E-state index contributed by atoms with van der Waals surface area (Å²) in [5.74, 6) is -0.761. The lowest BCUT2D eigenvalue weighted by molar-refractivity contribution is -0.117. The number of aliphatic hydroxyl groups is 1. The highest BCUT2D eigenvalue weighted by Crippen LogP contribution is 2.04. The zero-order chi connectivity index (χ0) is 18.6. The number of amides is 2. The van der Waals surface area contributed by atoms with Crippen LogP contribution in [0, 0.1) is 0 Å². The quantitative estimate of drug-likeness (QED) is 0.389. The lowest BCUT2D eigenvalue weighted by Gasteiger charge is -2.10. The molecule has 26 heavy (non-hydrogen) atoms. The summed E-state index contributed by atoms with van der Waals surface area (Å²) in [6.45, 7) is 0.319. The van der Waals surface area contributed by atoms with Crippen molar-refractivity contribution in [1.29, 1.82) is 0 Å². The Morgan fingerprint density at radius 1 is 0.962 bits per heavy atom. The van der Waals surface area contributed by atoms with E-state index >= 15 is 0 Å². The predicted octanol–water partition coefficient (Wildman–Crippen LogP) is 2.51. The molecule has 5 heteroatoms. The van der Waals surface area contributed by atoms with Gasteiger partial charge in [-0.2, -0.15) is 0 Å². The van der Waals surface area contributed by atoms with E-state index < -0.39 is 5.91 Å². The molecule has 2 rings (SSSR count). The zero-order valence-electron chi connectivity index (χ0n) is 14.4. The van der Waals surface area contributed by atoms with Crippen LogP contribution in [0.5, 0.6) is 0 Å². The molecule has 0 saturated heterocycles. The third-order valence-corrected chi connectivity index (χ3v) is 3.50. The molecule has 0 saturated carbocycles. The molecular weight excluding hydrogens is 328 g/mol. The summed E-state index contributed by atoms with van der Waals surface area (Å²) in [6.07, 6.45) is 5.56. The molecule has 0 radical (unpaired) electrons. The maximum absolute atomic E-state index is 12.3. The SMILES string of the molecule is O=C(NCCCO)/C(=C/C=C/c1ccccc1)NC(=O)c1ccccc1.